The summed E-state index contributed by atoms with van der Waals surface area (Å²) in [7, 11) is 1.67. The number of carbonyl (C=O) groups excluding carboxylic acids is 1. The molecule has 1 amide bonds. The Hall–Kier alpha value is -0.610. The van der Waals surface area contributed by atoms with Gasteiger partial charge in [0.2, 0.25) is 5.91 Å². The largest absolute Gasteiger partial charge is 0.379 e. The zero-order valence-electron chi connectivity index (χ0n) is 8.02. The average Bonchev–Trinajstić information content (AvgIpc) is 1.98. The molecule has 12 heavy (non-hydrogen) atoms. The zero-order valence-corrected chi connectivity index (χ0v) is 8.02. The van der Waals surface area contributed by atoms with E-state index in [-0.39, 0.29) is 12.0 Å². The molecule has 4 heteroatoms. The molecule has 0 fully saturated rings. The van der Waals surface area contributed by atoms with Crippen molar-refractivity contribution < 1.29 is 9.53 Å². The highest BCUT2D eigenvalue weighted by Gasteiger charge is 1.99. The van der Waals surface area contributed by atoms with Crippen molar-refractivity contribution in [3.8, 4) is 0 Å². The topological polar surface area (TPSA) is 50.4 Å². The second kappa shape index (κ2) is 7.06. The fourth-order valence-corrected chi connectivity index (χ4v) is 0.754. The van der Waals surface area contributed by atoms with E-state index in [4.69, 9.17) is 4.74 Å². The van der Waals surface area contributed by atoms with Crippen molar-refractivity contribution in [1.29, 1.82) is 0 Å². The number of carbonyl (C=O) groups is 1. The van der Waals surface area contributed by atoms with Gasteiger partial charge in [-0.1, -0.05) is 0 Å². The summed E-state index contributed by atoms with van der Waals surface area (Å²) in [6.07, 6.45) is 1.52. The van der Waals surface area contributed by atoms with Crippen molar-refractivity contribution in [2.24, 2.45) is 0 Å². The van der Waals surface area contributed by atoms with E-state index >= 15 is 0 Å². The van der Waals surface area contributed by atoms with Crippen LogP contribution in [0.5, 0.6) is 0 Å². The molecule has 0 aliphatic heterocycles. The summed E-state index contributed by atoms with van der Waals surface area (Å²) in [5, 5.41) is 0. The molecular formula is C8H18N2O2. The normalized spacial score (nSPS) is 10.3. The van der Waals surface area contributed by atoms with Crippen LogP contribution in [0.1, 0.15) is 26.7 Å². The molecule has 0 rings (SSSR count). The Morgan fingerprint density at radius 3 is 2.67 bits per heavy atom. The van der Waals surface area contributed by atoms with Gasteiger partial charge in [-0.3, -0.25) is 10.2 Å². The maximum Gasteiger partial charge on any atom is 0.234 e. The van der Waals surface area contributed by atoms with Crippen LogP contribution in [0, 0.1) is 0 Å². The summed E-state index contributed by atoms with van der Waals surface area (Å²) >= 11 is 0. The van der Waals surface area contributed by atoms with E-state index in [9.17, 15) is 4.79 Å². The van der Waals surface area contributed by atoms with Crippen LogP contribution in [0.15, 0.2) is 0 Å². The number of ether oxygens (including phenoxy) is 1. The number of hydrogen-bond donors (Lipinski definition) is 2. The SMILES string of the molecule is CNNC(=O)CCCOC(C)C. The molecule has 0 unspecified atom stereocenters. The Labute approximate surface area is 73.6 Å². The van der Waals surface area contributed by atoms with Gasteiger partial charge >= 0.3 is 0 Å². The van der Waals surface area contributed by atoms with Gasteiger partial charge in [0.15, 0.2) is 0 Å². The summed E-state index contributed by atoms with van der Waals surface area (Å²) in [5.74, 6) is 0.00450. The van der Waals surface area contributed by atoms with E-state index in [1.54, 1.807) is 7.05 Å². The first kappa shape index (κ1) is 11.4. The number of amides is 1. The lowest BCUT2D eigenvalue weighted by molar-refractivity contribution is -0.122. The van der Waals surface area contributed by atoms with Crippen LogP contribution in [0.3, 0.4) is 0 Å². The second-order valence-electron chi connectivity index (χ2n) is 2.82. The van der Waals surface area contributed by atoms with Gasteiger partial charge in [0, 0.05) is 20.1 Å². The summed E-state index contributed by atoms with van der Waals surface area (Å²) in [6, 6.07) is 0. The molecule has 72 valence electrons. The molecule has 0 aliphatic rings. The Balaban J connectivity index is 3.14. The van der Waals surface area contributed by atoms with Crippen molar-refractivity contribution >= 4 is 5.91 Å². The van der Waals surface area contributed by atoms with Gasteiger partial charge in [-0.2, -0.15) is 0 Å². The maximum atomic E-state index is 10.9. The van der Waals surface area contributed by atoms with Crippen molar-refractivity contribution in [2.45, 2.75) is 32.8 Å². The van der Waals surface area contributed by atoms with Crippen molar-refractivity contribution in [2.75, 3.05) is 13.7 Å². The van der Waals surface area contributed by atoms with Crippen LogP contribution in [-0.4, -0.2) is 25.7 Å². The highest BCUT2D eigenvalue weighted by molar-refractivity contribution is 5.75. The Morgan fingerprint density at radius 1 is 1.50 bits per heavy atom. The predicted octanol–water partition coefficient (Wildman–Crippen LogP) is 0.442. The first-order valence-corrected chi connectivity index (χ1v) is 4.24. The molecule has 0 aromatic heterocycles. The number of hydrazine groups is 1. The fraction of sp³-hybridized carbons (Fsp3) is 0.875. The molecule has 0 saturated heterocycles. The molecule has 2 N–H and O–H groups in total. The van der Waals surface area contributed by atoms with Crippen molar-refractivity contribution in [3.63, 3.8) is 0 Å². The Bertz CT molecular complexity index is 126. The standard InChI is InChI=1S/C8H18N2O2/c1-7(2)12-6-4-5-8(11)10-9-3/h7,9H,4-6H2,1-3H3,(H,10,11). The van der Waals surface area contributed by atoms with E-state index in [1.807, 2.05) is 13.8 Å². The highest BCUT2D eigenvalue weighted by Crippen LogP contribution is 1.93. The van der Waals surface area contributed by atoms with Gasteiger partial charge in [-0.05, 0) is 20.3 Å². The lowest BCUT2D eigenvalue weighted by atomic mass is 10.3. The second-order valence-corrected chi connectivity index (χ2v) is 2.82. The van der Waals surface area contributed by atoms with E-state index in [0.29, 0.717) is 13.0 Å². The van der Waals surface area contributed by atoms with E-state index in [1.165, 1.54) is 0 Å². The molecule has 0 aromatic carbocycles. The summed E-state index contributed by atoms with van der Waals surface area (Å²) in [5.41, 5.74) is 5.07. The molecule has 0 spiro atoms. The Kier molecular flexibility index (Phi) is 6.70. The van der Waals surface area contributed by atoms with Crippen LogP contribution in [0.2, 0.25) is 0 Å². The molecule has 0 atom stereocenters. The molecule has 0 heterocycles. The molecular weight excluding hydrogens is 156 g/mol. The zero-order chi connectivity index (χ0) is 9.40. The highest BCUT2D eigenvalue weighted by atomic mass is 16.5. The van der Waals surface area contributed by atoms with Crippen molar-refractivity contribution in [1.82, 2.24) is 10.9 Å². The van der Waals surface area contributed by atoms with Gasteiger partial charge in [0.1, 0.15) is 0 Å². The molecule has 0 saturated carbocycles. The number of hydrogen-bond acceptors (Lipinski definition) is 3. The summed E-state index contributed by atoms with van der Waals surface area (Å²) < 4.78 is 5.27. The minimum atomic E-state index is 0.00450. The van der Waals surface area contributed by atoms with Crippen LogP contribution >= 0.6 is 0 Å². The monoisotopic (exact) mass is 174 g/mol. The minimum absolute atomic E-state index is 0.00450. The predicted molar refractivity (Wildman–Crippen MR) is 47.5 cm³/mol. The molecule has 0 radical (unpaired) electrons. The number of nitrogens with one attached hydrogen (secondary N) is 2. The quantitative estimate of drug-likeness (QED) is 0.454. The van der Waals surface area contributed by atoms with Gasteiger partial charge < -0.3 is 4.74 Å². The van der Waals surface area contributed by atoms with Crippen LogP contribution in [-0.2, 0) is 9.53 Å². The molecule has 0 bridgehead atoms. The maximum absolute atomic E-state index is 10.9. The first-order valence-electron chi connectivity index (χ1n) is 4.24. The van der Waals surface area contributed by atoms with Gasteiger partial charge in [0.25, 0.3) is 0 Å². The minimum Gasteiger partial charge on any atom is -0.379 e. The van der Waals surface area contributed by atoms with Gasteiger partial charge in [-0.15, -0.1) is 0 Å². The third kappa shape index (κ3) is 7.50. The van der Waals surface area contributed by atoms with E-state index in [0.717, 1.165) is 6.42 Å². The van der Waals surface area contributed by atoms with Crippen molar-refractivity contribution in [3.05, 3.63) is 0 Å². The van der Waals surface area contributed by atoms with Gasteiger partial charge in [-0.25, -0.2) is 5.43 Å². The van der Waals surface area contributed by atoms with E-state index < -0.39 is 0 Å². The smallest absolute Gasteiger partial charge is 0.234 e. The van der Waals surface area contributed by atoms with E-state index in [2.05, 4.69) is 10.9 Å². The lowest BCUT2D eigenvalue weighted by Crippen LogP contribution is -2.34. The fourth-order valence-electron chi connectivity index (χ4n) is 0.754. The molecule has 0 aliphatic carbocycles. The summed E-state index contributed by atoms with van der Waals surface area (Å²) in [6.45, 7) is 4.61. The van der Waals surface area contributed by atoms with Crippen LogP contribution in [0.25, 0.3) is 0 Å². The Morgan fingerprint density at radius 2 is 2.17 bits per heavy atom. The third-order valence-corrected chi connectivity index (χ3v) is 1.26. The molecule has 0 aromatic rings. The van der Waals surface area contributed by atoms with Crippen LogP contribution in [0.4, 0.5) is 0 Å². The molecule has 4 nitrogen and oxygen atoms in total. The van der Waals surface area contributed by atoms with Crippen LogP contribution < -0.4 is 10.9 Å². The lowest BCUT2D eigenvalue weighted by Gasteiger charge is -2.06. The number of rotatable bonds is 6. The average molecular weight is 174 g/mol. The summed E-state index contributed by atoms with van der Waals surface area (Å²) in [4.78, 5) is 10.9. The first-order chi connectivity index (χ1) is 5.66. The van der Waals surface area contributed by atoms with Gasteiger partial charge in [0.05, 0.1) is 6.10 Å². The third-order valence-electron chi connectivity index (χ3n) is 1.26.